The minimum atomic E-state index is -3.62. The van der Waals surface area contributed by atoms with E-state index in [4.69, 9.17) is 0 Å². The van der Waals surface area contributed by atoms with Gasteiger partial charge in [0.1, 0.15) is 9.85 Å². The summed E-state index contributed by atoms with van der Waals surface area (Å²) < 4.78 is 12.8. The average Bonchev–Trinajstić information content (AvgIpc) is 1.99. The van der Waals surface area contributed by atoms with Gasteiger partial charge < -0.3 is 5.32 Å². The van der Waals surface area contributed by atoms with Crippen LogP contribution in [0.15, 0.2) is 0 Å². The van der Waals surface area contributed by atoms with Crippen molar-refractivity contribution in [3.8, 4) is 0 Å². The molecule has 70 valence electrons. The van der Waals surface area contributed by atoms with Crippen molar-refractivity contribution in [1.29, 1.82) is 0 Å². The van der Waals surface area contributed by atoms with Gasteiger partial charge in [-0.25, -0.2) is 0 Å². The molecule has 12 heavy (non-hydrogen) atoms. The molecule has 0 aromatic carbocycles. The van der Waals surface area contributed by atoms with Gasteiger partial charge >= 0.3 is 5.92 Å². The van der Waals surface area contributed by atoms with Gasteiger partial charge in [0.25, 0.3) is 0 Å². The Bertz CT molecular complexity index is 183. The first-order chi connectivity index (χ1) is 5.45. The maximum absolute atomic E-state index is 12.8. The predicted molar refractivity (Wildman–Crippen MR) is 36.4 cm³/mol. The van der Waals surface area contributed by atoms with E-state index in [0.29, 0.717) is 0 Å². The highest BCUT2D eigenvalue weighted by atomic mass is 19.2. The molecule has 0 radical (unpaired) electrons. The van der Waals surface area contributed by atoms with Crippen molar-refractivity contribution in [3.63, 3.8) is 0 Å². The summed E-state index contributed by atoms with van der Waals surface area (Å²) in [6.45, 7) is 0.858. The number of likely N-dealkylation sites (N-methyl/N-ethyl adjacent to an activating group) is 1. The van der Waals surface area contributed by atoms with Gasteiger partial charge in [0.05, 0.1) is 0 Å². The summed E-state index contributed by atoms with van der Waals surface area (Å²) in [4.78, 5) is 16.7. The third-order valence-electron chi connectivity index (χ3n) is 1.16. The van der Waals surface area contributed by atoms with Crippen LogP contribution in [0.25, 0.3) is 0 Å². The van der Waals surface area contributed by atoms with E-state index in [-0.39, 0.29) is 6.54 Å². The van der Waals surface area contributed by atoms with E-state index >= 15 is 0 Å². The molecule has 8 heteroatoms. The van der Waals surface area contributed by atoms with Crippen molar-refractivity contribution in [3.05, 3.63) is 20.2 Å². The summed E-state index contributed by atoms with van der Waals surface area (Å²) in [7, 11) is 0. The predicted octanol–water partition coefficient (Wildman–Crippen LogP) is -0.227. The Balaban J connectivity index is 4.40. The fourth-order valence-corrected chi connectivity index (χ4v) is 0.480. The highest BCUT2D eigenvalue weighted by Gasteiger charge is 2.57. The molecule has 0 spiro atoms. The summed E-state index contributed by atoms with van der Waals surface area (Å²) in [5.41, 5.74) is 0. The Kier molecular flexibility index (Phi) is 3.48. The summed E-state index contributed by atoms with van der Waals surface area (Å²) in [5, 5.41) is 22.0. The number of alkyl halides is 1. The Labute approximate surface area is 66.9 Å². The van der Waals surface area contributed by atoms with E-state index in [2.05, 4.69) is 5.32 Å². The molecule has 0 amide bonds. The second-order valence-corrected chi connectivity index (χ2v) is 2.01. The molecule has 0 aromatic rings. The van der Waals surface area contributed by atoms with Crippen molar-refractivity contribution in [2.45, 2.75) is 12.8 Å². The SMILES string of the molecule is CCNCC(F)([N+](=O)[O-])[N+](=O)[O-]. The monoisotopic (exact) mass is 181 g/mol. The first-order valence-electron chi connectivity index (χ1n) is 3.13. The first-order valence-corrected chi connectivity index (χ1v) is 3.13. The molecule has 0 aliphatic carbocycles. The van der Waals surface area contributed by atoms with Gasteiger partial charge in [0.2, 0.25) is 0 Å². The molecule has 0 saturated carbocycles. The van der Waals surface area contributed by atoms with Crippen LogP contribution in [0.4, 0.5) is 4.39 Å². The Morgan fingerprint density at radius 1 is 1.42 bits per heavy atom. The number of rotatable bonds is 5. The van der Waals surface area contributed by atoms with Crippen LogP contribution in [0.5, 0.6) is 0 Å². The van der Waals surface area contributed by atoms with E-state index < -0.39 is 22.3 Å². The lowest BCUT2D eigenvalue weighted by molar-refractivity contribution is -0.828. The van der Waals surface area contributed by atoms with Crippen molar-refractivity contribution in [1.82, 2.24) is 5.32 Å². The standard InChI is InChI=1S/C4H8FN3O4/c1-2-6-3-4(5,7(9)10)8(11)12/h6H,2-3H2,1H3. The maximum Gasteiger partial charge on any atom is 0.626 e. The van der Waals surface area contributed by atoms with Gasteiger partial charge in [-0.1, -0.05) is 11.3 Å². The third kappa shape index (κ3) is 2.09. The lowest BCUT2D eigenvalue weighted by Gasteiger charge is -2.07. The van der Waals surface area contributed by atoms with Gasteiger partial charge in [-0.2, -0.15) is 0 Å². The smallest absolute Gasteiger partial charge is 0.301 e. The minimum absolute atomic E-state index is 0.230. The Morgan fingerprint density at radius 3 is 2.08 bits per heavy atom. The third-order valence-corrected chi connectivity index (χ3v) is 1.16. The van der Waals surface area contributed by atoms with Crippen LogP contribution in [-0.2, 0) is 0 Å². The number of halogens is 1. The molecule has 0 aliphatic rings. The van der Waals surface area contributed by atoms with Crippen molar-refractivity contribution in [2.75, 3.05) is 13.1 Å². The minimum Gasteiger partial charge on any atom is -0.301 e. The highest BCUT2D eigenvalue weighted by Crippen LogP contribution is 2.10. The number of hydrogen-bond donors (Lipinski definition) is 1. The van der Waals surface area contributed by atoms with Crippen LogP contribution < -0.4 is 5.32 Å². The van der Waals surface area contributed by atoms with Crippen LogP contribution in [0.3, 0.4) is 0 Å². The van der Waals surface area contributed by atoms with Crippen LogP contribution in [-0.4, -0.2) is 28.9 Å². The van der Waals surface area contributed by atoms with Gasteiger partial charge in [0, 0.05) is 0 Å². The van der Waals surface area contributed by atoms with E-state index in [1.807, 2.05) is 0 Å². The highest BCUT2D eigenvalue weighted by molar-refractivity contribution is 4.55. The van der Waals surface area contributed by atoms with E-state index in [1.54, 1.807) is 6.92 Å². The Hall–Kier alpha value is -1.31. The fraction of sp³-hybridized carbons (Fsp3) is 1.00. The van der Waals surface area contributed by atoms with Crippen molar-refractivity contribution >= 4 is 0 Å². The molecule has 0 saturated heterocycles. The van der Waals surface area contributed by atoms with Crippen molar-refractivity contribution in [2.24, 2.45) is 0 Å². The van der Waals surface area contributed by atoms with Gasteiger partial charge in [0.15, 0.2) is 6.54 Å². The lowest BCUT2D eigenvalue weighted by atomic mass is 10.4. The lowest BCUT2D eigenvalue weighted by Crippen LogP contribution is -2.49. The second-order valence-electron chi connectivity index (χ2n) is 2.01. The summed E-state index contributed by atoms with van der Waals surface area (Å²) in [5.74, 6) is -3.62. The molecule has 0 aliphatic heterocycles. The molecule has 0 fully saturated rings. The maximum atomic E-state index is 12.8. The zero-order valence-corrected chi connectivity index (χ0v) is 6.32. The number of hydrogen-bond acceptors (Lipinski definition) is 5. The molecular formula is C4H8FN3O4. The van der Waals surface area contributed by atoms with E-state index in [1.165, 1.54) is 0 Å². The normalized spacial score (nSPS) is 11.2. The first kappa shape index (κ1) is 10.7. The molecule has 1 N–H and O–H groups in total. The quantitative estimate of drug-likeness (QED) is 0.273. The van der Waals surface area contributed by atoms with Gasteiger partial charge in [-0.3, -0.25) is 20.2 Å². The molecular weight excluding hydrogens is 173 g/mol. The van der Waals surface area contributed by atoms with Crippen LogP contribution in [0.2, 0.25) is 0 Å². The number of nitrogens with zero attached hydrogens (tertiary/aromatic N) is 2. The Morgan fingerprint density at radius 2 is 1.83 bits per heavy atom. The molecule has 7 nitrogen and oxygen atoms in total. The number of nitro groups is 2. The van der Waals surface area contributed by atoms with Crippen LogP contribution in [0.1, 0.15) is 6.92 Å². The summed E-state index contributed by atoms with van der Waals surface area (Å²) in [6.07, 6.45) is 0. The molecule has 0 atom stereocenters. The number of nitrogens with one attached hydrogen (secondary N) is 1. The summed E-state index contributed by atoms with van der Waals surface area (Å²) in [6, 6.07) is 0. The second kappa shape index (κ2) is 3.90. The van der Waals surface area contributed by atoms with E-state index in [9.17, 15) is 24.6 Å². The van der Waals surface area contributed by atoms with E-state index in [0.717, 1.165) is 0 Å². The molecule has 0 heterocycles. The largest absolute Gasteiger partial charge is 0.626 e. The van der Waals surface area contributed by atoms with Crippen molar-refractivity contribution < 1.29 is 14.2 Å². The molecule has 0 rings (SSSR count). The zero-order chi connectivity index (χ0) is 9.78. The molecule has 0 unspecified atom stereocenters. The molecule has 0 bridgehead atoms. The topological polar surface area (TPSA) is 98.3 Å². The van der Waals surface area contributed by atoms with Crippen LogP contribution in [0, 0.1) is 20.2 Å². The van der Waals surface area contributed by atoms with Gasteiger partial charge in [-0.05, 0) is 6.54 Å². The average molecular weight is 181 g/mol. The summed E-state index contributed by atoms with van der Waals surface area (Å²) >= 11 is 0. The molecule has 0 aromatic heterocycles. The zero-order valence-electron chi connectivity index (χ0n) is 6.32. The van der Waals surface area contributed by atoms with Gasteiger partial charge in [-0.15, -0.1) is 0 Å². The fourth-order valence-electron chi connectivity index (χ4n) is 0.480. The van der Waals surface area contributed by atoms with Crippen LogP contribution >= 0.6 is 0 Å².